The normalized spacial score (nSPS) is 13.9. The van der Waals surface area contributed by atoms with E-state index >= 15 is 0 Å². The van der Waals surface area contributed by atoms with E-state index in [1.165, 1.54) is 12.1 Å². The SMILES string of the molecule is CCCC[C@H](O)[C@H](N)c1c(F)ccc(C)c1F.Cl. The number of rotatable bonds is 5. The fraction of sp³-hybridized carbons (Fsp3) is 0.538. The fourth-order valence-corrected chi connectivity index (χ4v) is 1.77. The number of nitrogens with two attached hydrogens (primary N) is 1. The molecule has 0 unspecified atom stereocenters. The molecular formula is C13H20ClF2NO. The van der Waals surface area contributed by atoms with Crippen LogP contribution in [-0.2, 0) is 0 Å². The molecule has 0 bridgehead atoms. The Morgan fingerprint density at radius 3 is 2.50 bits per heavy atom. The lowest BCUT2D eigenvalue weighted by molar-refractivity contribution is 0.129. The zero-order valence-corrected chi connectivity index (χ0v) is 11.4. The molecule has 2 nitrogen and oxygen atoms in total. The van der Waals surface area contributed by atoms with Crippen LogP contribution in [0.5, 0.6) is 0 Å². The van der Waals surface area contributed by atoms with Crippen molar-refractivity contribution in [2.24, 2.45) is 5.73 Å². The van der Waals surface area contributed by atoms with Gasteiger partial charge in [0.1, 0.15) is 11.6 Å². The van der Waals surface area contributed by atoms with E-state index in [1.807, 2.05) is 6.92 Å². The highest BCUT2D eigenvalue weighted by molar-refractivity contribution is 5.85. The average molecular weight is 280 g/mol. The molecule has 3 N–H and O–H groups in total. The lowest BCUT2D eigenvalue weighted by Gasteiger charge is -2.20. The van der Waals surface area contributed by atoms with E-state index in [0.717, 1.165) is 12.8 Å². The molecule has 0 aliphatic heterocycles. The monoisotopic (exact) mass is 279 g/mol. The van der Waals surface area contributed by atoms with Crippen molar-refractivity contribution in [2.75, 3.05) is 0 Å². The maximum absolute atomic E-state index is 13.8. The number of benzene rings is 1. The van der Waals surface area contributed by atoms with Gasteiger partial charge in [0, 0.05) is 5.56 Å². The Bertz CT molecular complexity index is 387. The van der Waals surface area contributed by atoms with Gasteiger partial charge in [-0.15, -0.1) is 12.4 Å². The van der Waals surface area contributed by atoms with Crippen molar-refractivity contribution in [3.8, 4) is 0 Å². The molecule has 18 heavy (non-hydrogen) atoms. The van der Waals surface area contributed by atoms with Crippen molar-refractivity contribution >= 4 is 12.4 Å². The molecule has 0 saturated carbocycles. The quantitative estimate of drug-likeness (QED) is 0.869. The van der Waals surface area contributed by atoms with Crippen LogP contribution >= 0.6 is 12.4 Å². The molecule has 0 aromatic heterocycles. The van der Waals surface area contributed by atoms with Gasteiger partial charge < -0.3 is 10.8 Å². The smallest absolute Gasteiger partial charge is 0.133 e. The minimum atomic E-state index is -1.01. The van der Waals surface area contributed by atoms with Crippen LogP contribution in [0.3, 0.4) is 0 Å². The van der Waals surface area contributed by atoms with Gasteiger partial charge in [-0.25, -0.2) is 8.78 Å². The molecule has 0 radical (unpaired) electrons. The number of aliphatic hydroxyl groups is 1. The summed E-state index contributed by atoms with van der Waals surface area (Å²) in [5.74, 6) is -1.36. The lowest BCUT2D eigenvalue weighted by Crippen LogP contribution is -2.28. The third-order valence-electron chi connectivity index (χ3n) is 2.92. The van der Waals surface area contributed by atoms with Gasteiger partial charge in [-0.1, -0.05) is 25.8 Å². The van der Waals surface area contributed by atoms with Gasteiger partial charge in [0.25, 0.3) is 0 Å². The molecule has 5 heteroatoms. The van der Waals surface area contributed by atoms with E-state index in [1.54, 1.807) is 6.92 Å². The van der Waals surface area contributed by atoms with Gasteiger partial charge in [-0.05, 0) is 25.0 Å². The summed E-state index contributed by atoms with van der Waals surface area (Å²) in [5, 5.41) is 9.78. The predicted octanol–water partition coefficient (Wildman–Crippen LogP) is 3.25. The van der Waals surface area contributed by atoms with Crippen LogP contribution in [0.1, 0.15) is 43.4 Å². The van der Waals surface area contributed by atoms with Crippen LogP contribution in [0.25, 0.3) is 0 Å². The first kappa shape index (κ1) is 17.3. The van der Waals surface area contributed by atoms with E-state index in [-0.39, 0.29) is 18.0 Å². The van der Waals surface area contributed by atoms with Crippen molar-refractivity contribution in [3.05, 3.63) is 34.9 Å². The van der Waals surface area contributed by atoms with Gasteiger partial charge in [0.15, 0.2) is 0 Å². The second-order valence-electron chi connectivity index (χ2n) is 4.33. The highest BCUT2D eigenvalue weighted by Gasteiger charge is 2.24. The van der Waals surface area contributed by atoms with Crippen molar-refractivity contribution in [2.45, 2.75) is 45.3 Å². The lowest BCUT2D eigenvalue weighted by atomic mass is 9.96. The molecule has 1 aromatic carbocycles. The second kappa shape index (κ2) is 7.67. The summed E-state index contributed by atoms with van der Waals surface area (Å²) in [7, 11) is 0. The number of aliphatic hydroxyl groups excluding tert-OH is 1. The van der Waals surface area contributed by atoms with E-state index < -0.39 is 23.8 Å². The summed E-state index contributed by atoms with van der Waals surface area (Å²) in [6.45, 7) is 3.52. The first-order valence-electron chi connectivity index (χ1n) is 5.87. The highest BCUT2D eigenvalue weighted by Crippen LogP contribution is 2.25. The van der Waals surface area contributed by atoms with Gasteiger partial charge in [0.05, 0.1) is 12.1 Å². The van der Waals surface area contributed by atoms with E-state index in [2.05, 4.69) is 0 Å². The predicted molar refractivity (Wildman–Crippen MR) is 70.8 cm³/mol. The number of unbranched alkanes of at least 4 members (excludes halogenated alkanes) is 1. The Hall–Kier alpha value is -0.710. The Balaban J connectivity index is 0.00000289. The summed E-state index contributed by atoms with van der Waals surface area (Å²) in [5.41, 5.74) is 5.84. The summed E-state index contributed by atoms with van der Waals surface area (Å²) in [6, 6.07) is 1.53. The minimum Gasteiger partial charge on any atom is -0.391 e. The number of hydrogen-bond donors (Lipinski definition) is 2. The van der Waals surface area contributed by atoms with Gasteiger partial charge >= 0.3 is 0 Å². The number of halogens is 3. The van der Waals surface area contributed by atoms with Gasteiger partial charge in [-0.2, -0.15) is 0 Å². The Morgan fingerprint density at radius 2 is 1.94 bits per heavy atom. The highest BCUT2D eigenvalue weighted by atomic mass is 35.5. The summed E-state index contributed by atoms with van der Waals surface area (Å²) in [6.07, 6.45) is 1.22. The number of aryl methyl sites for hydroxylation is 1. The van der Waals surface area contributed by atoms with Crippen LogP contribution in [0, 0.1) is 18.6 Å². The molecule has 2 atom stereocenters. The number of hydrogen-bond acceptors (Lipinski definition) is 2. The van der Waals surface area contributed by atoms with E-state index in [4.69, 9.17) is 5.73 Å². The fourth-order valence-electron chi connectivity index (χ4n) is 1.77. The molecule has 0 aliphatic carbocycles. The zero-order chi connectivity index (χ0) is 13.0. The Kier molecular flexibility index (Phi) is 7.36. The molecule has 0 heterocycles. The van der Waals surface area contributed by atoms with Gasteiger partial charge in [0.2, 0.25) is 0 Å². The molecule has 1 aromatic rings. The third kappa shape index (κ3) is 3.90. The Labute approximate surface area is 113 Å². The maximum Gasteiger partial charge on any atom is 0.133 e. The second-order valence-corrected chi connectivity index (χ2v) is 4.33. The summed E-state index contributed by atoms with van der Waals surface area (Å²) in [4.78, 5) is 0. The standard InChI is InChI=1S/C13H19F2NO.ClH/c1-3-4-5-10(17)13(16)11-9(14)7-6-8(2)12(11)15;/h6-7,10,13,17H,3-5,16H2,1-2H3;1H/t10-,13-;/m0./s1. The minimum absolute atomic E-state index is 0. The molecule has 1 rings (SSSR count). The van der Waals surface area contributed by atoms with Crippen LogP contribution in [0.2, 0.25) is 0 Å². The van der Waals surface area contributed by atoms with Crippen LogP contribution in [0.15, 0.2) is 12.1 Å². The van der Waals surface area contributed by atoms with Crippen molar-refractivity contribution in [1.29, 1.82) is 0 Å². The summed E-state index contributed by atoms with van der Waals surface area (Å²) >= 11 is 0. The largest absolute Gasteiger partial charge is 0.391 e. The first-order chi connectivity index (χ1) is 7.99. The maximum atomic E-state index is 13.8. The van der Waals surface area contributed by atoms with Crippen molar-refractivity contribution in [3.63, 3.8) is 0 Å². The van der Waals surface area contributed by atoms with E-state index in [0.29, 0.717) is 12.0 Å². The van der Waals surface area contributed by atoms with Crippen molar-refractivity contribution < 1.29 is 13.9 Å². The molecule has 0 saturated heterocycles. The average Bonchev–Trinajstić information content (AvgIpc) is 2.31. The molecular weight excluding hydrogens is 260 g/mol. The third-order valence-corrected chi connectivity index (χ3v) is 2.92. The van der Waals surface area contributed by atoms with Crippen LogP contribution in [0.4, 0.5) is 8.78 Å². The van der Waals surface area contributed by atoms with E-state index in [9.17, 15) is 13.9 Å². The van der Waals surface area contributed by atoms with Crippen LogP contribution in [-0.4, -0.2) is 11.2 Å². The topological polar surface area (TPSA) is 46.2 Å². The molecule has 0 aliphatic rings. The first-order valence-corrected chi connectivity index (χ1v) is 5.87. The molecule has 104 valence electrons. The van der Waals surface area contributed by atoms with Crippen LogP contribution < -0.4 is 5.73 Å². The molecule has 0 fully saturated rings. The zero-order valence-electron chi connectivity index (χ0n) is 10.6. The van der Waals surface area contributed by atoms with Gasteiger partial charge in [-0.3, -0.25) is 0 Å². The molecule has 0 amide bonds. The molecule has 0 spiro atoms. The van der Waals surface area contributed by atoms with Crippen molar-refractivity contribution in [1.82, 2.24) is 0 Å². The Morgan fingerprint density at radius 1 is 1.33 bits per heavy atom. The summed E-state index contributed by atoms with van der Waals surface area (Å²) < 4.78 is 27.3.